The standard InChI is InChI=1S/C53H35N3O/c1-3-11-34(12-4-1)36-19-24-39(25-20-36)52-54-51(38-14-5-2-6-15-38)55-53(56-52)43-28-23-37-22-27-42(30-44(37)31-43)47-32-45(41-26-21-35-13-7-8-16-40(35)29-41)33-49-50(47)46-17-9-10-18-48(46)57-49/h1-3,5-11,13-33H,4,12H2. The first-order chi connectivity index (χ1) is 28.2. The van der Waals surface area contributed by atoms with Crippen LogP contribution >= 0.6 is 0 Å². The van der Waals surface area contributed by atoms with Crippen molar-refractivity contribution in [3.63, 3.8) is 0 Å². The summed E-state index contributed by atoms with van der Waals surface area (Å²) in [7, 11) is 0. The van der Waals surface area contributed by atoms with Gasteiger partial charge >= 0.3 is 0 Å². The number of aromatic nitrogens is 3. The Labute approximate surface area is 330 Å². The van der Waals surface area contributed by atoms with Gasteiger partial charge in [-0.2, -0.15) is 0 Å². The Morgan fingerprint density at radius 2 is 1.00 bits per heavy atom. The zero-order valence-electron chi connectivity index (χ0n) is 31.1. The topological polar surface area (TPSA) is 51.8 Å². The second-order valence-electron chi connectivity index (χ2n) is 14.7. The van der Waals surface area contributed by atoms with E-state index in [0.717, 1.165) is 84.5 Å². The van der Waals surface area contributed by atoms with Crippen molar-refractivity contribution in [2.75, 3.05) is 0 Å². The highest BCUT2D eigenvalue weighted by Gasteiger charge is 2.17. The van der Waals surface area contributed by atoms with Crippen LogP contribution < -0.4 is 0 Å². The van der Waals surface area contributed by atoms with Crippen LogP contribution in [0.1, 0.15) is 18.4 Å². The summed E-state index contributed by atoms with van der Waals surface area (Å²) in [5.74, 6) is 1.93. The summed E-state index contributed by atoms with van der Waals surface area (Å²) in [5.41, 5.74) is 11.7. The van der Waals surface area contributed by atoms with Crippen molar-refractivity contribution in [1.29, 1.82) is 0 Å². The molecule has 0 aliphatic heterocycles. The predicted octanol–water partition coefficient (Wildman–Crippen LogP) is 14.1. The molecule has 268 valence electrons. The van der Waals surface area contributed by atoms with Crippen LogP contribution in [-0.2, 0) is 0 Å². The maximum atomic E-state index is 6.53. The number of fused-ring (bicyclic) bond motifs is 5. The molecule has 0 atom stereocenters. The number of allylic oxidation sites excluding steroid dienone is 4. The van der Waals surface area contributed by atoms with Gasteiger partial charge in [-0.25, -0.2) is 15.0 Å². The molecule has 0 radical (unpaired) electrons. The van der Waals surface area contributed by atoms with E-state index in [1.165, 1.54) is 21.9 Å². The van der Waals surface area contributed by atoms with Crippen LogP contribution in [0, 0.1) is 0 Å². The first-order valence-corrected chi connectivity index (χ1v) is 19.5. The third kappa shape index (κ3) is 6.09. The molecular weight excluding hydrogens is 695 g/mol. The molecule has 0 N–H and O–H groups in total. The monoisotopic (exact) mass is 729 g/mol. The highest BCUT2D eigenvalue weighted by molar-refractivity contribution is 6.14. The normalized spacial score (nSPS) is 12.8. The second kappa shape index (κ2) is 13.7. The van der Waals surface area contributed by atoms with Crippen LogP contribution in [0.15, 0.2) is 193 Å². The van der Waals surface area contributed by atoms with Gasteiger partial charge in [0.05, 0.1) is 0 Å². The summed E-state index contributed by atoms with van der Waals surface area (Å²) in [6, 6.07) is 59.9. The Morgan fingerprint density at radius 3 is 1.79 bits per heavy atom. The highest BCUT2D eigenvalue weighted by Crippen LogP contribution is 2.41. The predicted molar refractivity (Wildman–Crippen MR) is 236 cm³/mol. The number of para-hydroxylation sites is 1. The van der Waals surface area contributed by atoms with Crippen LogP contribution in [0.5, 0.6) is 0 Å². The molecule has 0 bridgehead atoms. The third-order valence-corrected chi connectivity index (χ3v) is 11.2. The summed E-state index contributed by atoms with van der Waals surface area (Å²) in [4.78, 5) is 15.2. The molecule has 0 fully saturated rings. The molecule has 0 amide bonds. The van der Waals surface area contributed by atoms with Gasteiger partial charge in [0.25, 0.3) is 0 Å². The van der Waals surface area contributed by atoms with Crippen molar-refractivity contribution in [3.05, 3.63) is 194 Å². The number of benzene rings is 8. The summed E-state index contributed by atoms with van der Waals surface area (Å²) >= 11 is 0. The van der Waals surface area contributed by atoms with Gasteiger partial charge in [-0.15, -0.1) is 0 Å². The first kappa shape index (κ1) is 33.0. The van der Waals surface area contributed by atoms with E-state index in [9.17, 15) is 0 Å². The van der Waals surface area contributed by atoms with Gasteiger partial charge in [0.2, 0.25) is 0 Å². The van der Waals surface area contributed by atoms with Crippen LogP contribution in [0.25, 0.3) is 105 Å². The van der Waals surface area contributed by atoms with Crippen molar-refractivity contribution in [3.8, 4) is 56.4 Å². The minimum atomic E-state index is 0.636. The molecule has 1 aliphatic carbocycles. The average Bonchev–Trinajstić information content (AvgIpc) is 3.67. The highest BCUT2D eigenvalue weighted by atomic mass is 16.3. The van der Waals surface area contributed by atoms with Crippen LogP contribution in [0.2, 0.25) is 0 Å². The summed E-state index contributed by atoms with van der Waals surface area (Å²) in [6.07, 6.45) is 8.69. The van der Waals surface area contributed by atoms with Gasteiger partial charge in [-0.05, 0) is 104 Å². The lowest BCUT2D eigenvalue weighted by Crippen LogP contribution is -2.00. The van der Waals surface area contributed by atoms with E-state index >= 15 is 0 Å². The summed E-state index contributed by atoms with van der Waals surface area (Å²) in [6.45, 7) is 0. The van der Waals surface area contributed by atoms with Crippen molar-refractivity contribution >= 4 is 49.1 Å². The van der Waals surface area contributed by atoms with Crippen molar-refractivity contribution in [1.82, 2.24) is 15.0 Å². The van der Waals surface area contributed by atoms with E-state index in [2.05, 4.69) is 152 Å². The second-order valence-corrected chi connectivity index (χ2v) is 14.7. The number of hydrogen-bond acceptors (Lipinski definition) is 4. The molecule has 4 nitrogen and oxygen atoms in total. The largest absolute Gasteiger partial charge is 0.456 e. The van der Waals surface area contributed by atoms with Crippen molar-refractivity contribution < 1.29 is 4.42 Å². The minimum Gasteiger partial charge on any atom is -0.456 e. The Balaban J connectivity index is 1.05. The Morgan fingerprint density at radius 1 is 0.404 bits per heavy atom. The average molecular weight is 730 g/mol. The zero-order valence-corrected chi connectivity index (χ0v) is 31.1. The van der Waals surface area contributed by atoms with Gasteiger partial charge < -0.3 is 4.42 Å². The van der Waals surface area contributed by atoms with E-state index in [1.54, 1.807) is 0 Å². The zero-order chi connectivity index (χ0) is 37.7. The van der Waals surface area contributed by atoms with Crippen molar-refractivity contribution in [2.24, 2.45) is 0 Å². The van der Waals surface area contributed by atoms with Gasteiger partial charge in [-0.1, -0.05) is 152 Å². The van der Waals surface area contributed by atoms with Gasteiger partial charge in [-0.3, -0.25) is 0 Å². The lowest BCUT2D eigenvalue weighted by atomic mass is 9.92. The Kier molecular flexibility index (Phi) is 7.92. The van der Waals surface area contributed by atoms with E-state index in [1.807, 2.05) is 36.4 Å². The van der Waals surface area contributed by atoms with E-state index in [0.29, 0.717) is 17.5 Å². The molecule has 8 aromatic carbocycles. The third-order valence-electron chi connectivity index (χ3n) is 11.2. The Hall–Kier alpha value is -7.43. The number of rotatable bonds is 6. The smallest absolute Gasteiger partial charge is 0.164 e. The number of hydrogen-bond donors (Lipinski definition) is 0. The van der Waals surface area contributed by atoms with Crippen LogP contribution in [0.4, 0.5) is 0 Å². The molecule has 4 heteroatoms. The maximum Gasteiger partial charge on any atom is 0.164 e. The molecule has 0 saturated heterocycles. The summed E-state index contributed by atoms with van der Waals surface area (Å²) < 4.78 is 6.53. The van der Waals surface area contributed by atoms with E-state index in [-0.39, 0.29) is 0 Å². The molecule has 0 unspecified atom stereocenters. The fourth-order valence-corrected chi connectivity index (χ4v) is 8.20. The van der Waals surface area contributed by atoms with Crippen LogP contribution in [-0.4, -0.2) is 15.0 Å². The molecule has 11 rings (SSSR count). The SMILES string of the molecule is C1=CCCC(c2ccc(-c3nc(-c4ccccc4)nc(-c4ccc5ccc(-c6cc(-c7ccc8ccccc8c7)cc7oc8ccccc8c67)cc5c4)n3)cc2)=C1. The lowest BCUT2D eigenvalue weighted by Gasteiger charge is -2.12. The quantitative estimate of drug-likeness (QED) is 0.171. The van der Waals surface area contributed by atoms with Crippen LogP contribution in [0.3, 0.4) is 0 Å². The lowest BCUT2D eigenvalue weighted by molar-refractivity contribution is 0.669. The van der Waals surface area contributed by atoms with E-state index in [4.69, 9.17) is 19.4 Å². The molecule has 0 spiro atoms. The van der Waals surface area contributed by atoms with Gasteiger partial charge in [0, 0.05) is 27.5 Å². The molecule has 2 aromatic heterocycles. The number of furan rings is 1. The maximum absolute atomic E-state index is 6.53. The van der Waals surface area contributed by atoms with E-state index < -0.39 is 0 Å². The van der Waals surface area contributed by atoms with Crippen molar-refractivity contribution in [2.45, 2.75) is 12.8 Å². The number of nitrogens with zero attached hydrogens (tertiary/aromatic N) is 3. The molecule has 10 aromatic rings. The fourth-order valence-electron chi connectivity index (χ4n) is 8.20. The summed E-state index contributed by atoms with van der Waals surface area (Å²) in [5, 5.41) is 6.89. The molecule has 1 aliphatic rings. The molecular formula is C53H35N3O. The first-order valence-electron chi connectivity index (χ1n) is 19.5. The van der Waals surface area contributed by atoms with Gasteiger partial charge in [0.1, 0.15) is 11.2 Å². The van der Waals surface area contributed by atoms with Gasteiger partial charge in [0.15, 0.2) is 17.5 Å². The molecule has 2 heterocycles. The fraction of sp³-hybridized carbons (Fsp3) is 0.0377. The molecule has 57 heavy (non-hydrogen) atoms. The molecule has 0 saturated carbocycles. The minimum absolute atomic E-state index is 0.636. The Bertz CT molecular complexity index is 3230.